The first-order chi connectivity index (χ1) is 15.2. The van der Waals surface area contributed by atoms with Gasteiger partial charge in [0.05, 0.1) is 16.2 Å². The van der Waals surface area contributed by atoms with Gasteiger partial charge in [-0.2, -0.15) is 0 Å². The summed E-state index contributed by atoms with van der Waals surface area (Å²) >= 11 is 1.49. The molecular weight excluding hydrogens is 408 g/mol. The number of aromatic nitrogens is 6. The molecule has 0 saturated heterocycles. The zero-order chi connectivity index (χ0) is 21.2. The molecule has 0 fully saturated rings. The molecule has 5 rings (SSSR count). The van der Waals surface area contributed by atoms with Gasteiger partial charge in [0.25, 0.3) is 5.56 Å². The molecule has 0 bridgehead atoms. The number of thioether (sulfide) groups is 1. The number of benzene rings is 2. The van der Waals surface area contributed by atoms with E-state index in [-0.39, 0.29) is 10.8 Å². The molecule has 8 heteroatoms. The SMILES string of the molecule is C[C@H](Sc1nnc(-c2cccnc2)n1-c1ccccc1)c1nc2ccccc2c(=O)[nH]1. The summed E-state index contributed by atoms with van der Waals surface area (Å²) < 4.78 is 2.00. The zero-order valence-electron chi connectivity index (χ0n) is 16.6. The van der Waals surface area contributed by atoms with E-state index < -0.39 is 0 Å². The van der Waals surface area contributed by atoms with Crippen molar-refractivity contribution in [1.29, 1.82) is 0 Å². The van der Waals surface area contributed by atoms with Crippen molar-refractivity contribution in [1.82, 2.24) is 29.7 Å². The van der Waals surface area contributed by atoms with Gasteiger partial charge in [-0.25, -0.2) is 4.98 Å². The molecule has 5 aromatic rings. The second-order valence-electron chi connectivity index (χ2n) is 6.95. The minimum atomic E-state index is -0.147. The normalized spacial score (nSPS) is 12.2. The van der Waals surface area contributed by atoms with Gasteiger partial charge in [0, 0.05) is 23.6 Å². The first-order valence-electron chi connectivity index (χ1n) is 9.77. The number of rotatable bonds is 5. The van der Waals surface area contributed by atoms with Crippen LogP contribution >= 0.6 is 11.8 Å². The fraction of sp³-hybridized carbons (Fsp3) is 0.0870. The molecule has 3 aromatic heterocycles. The van der Waals surface area contributed by atoms with E-state index >= 15 is 0 Å². The monoisotopic (exact) mass is 426 g/mol. The molecule has 0 spiro atoms. The Bertz CT molecular complexity index is 1400. The number of para-hydroxylation sites is 2. The van der Waals surface area contributed by atoms with Crippen molar-refractivity contribution in [3.63, 3.8) is 0 Å². The Morgan fingerprint density at radius 3 is 2.58 bits per heavy atom. The van der Waals surface area contributed by atoms with E-state index in [1.807, 2.05) is 72.2 Å². The van der Waals surface area contributed by atoms with Crippen molar-refractivity contribution in [2.45, 2.75) is 17.3 Å². The summed E-state index contributed by atoms with van der Waals surface area (Å²) in [4.78, 5) is 24.3. The summed E-state index contributed by atoms with van der Waals surface area (Å²) in [5.74, 6) is 1.30. The molecule has 0 radical (unpaired) electrons. The number of fused-ring (bicyclic) bond motifs is 1. The van der Waals surface area contributed by atoms with Gasteiger partial charge in [-0.1, -0.05) is 42.1 Å². The van der Waals surface area contributed by atoms with Gasteiger partial charge in [0.1, 0.15) is 5.82 Å². The van der Waals surface area contributed by atoms with E-state index in [1.165, 1.54) is 11.8 Å². The first-order valence-corrected chi connectivity index (χ1v) is 10.7. The van der Waals surface area contributed by atoms with Crippen molar-refractivity contribution in [2.75, 3.05) is 0 Å². The van der Waals surface area contributed by atoms with E-state index in [2.05, 4.69) is 25.1 Å². The maximum absolute atomic E-state index is 12.5. The molecule has 2 aromatic carbocycles. The number of hydrogen-bond donors (Lipinski definition) is 1. The van der Waals surface area contributed by atoms with Crippen molar-refractivity contribution < 1.29 is 0 Å². The van der Waals surface area contributed by atoms with Crippen LogP contribution in [0.5, 0.6) is 0 Å². The largest absolute Gasteiger partial charge is 0.309 e. The number of nitrogens with zero attached hydrogens (tertiary/aromatic N) is 5. The molecule has 31 heavy (non-hydrogen) atoms. The third-order valence-electron chi connectivity index (χ3n) is 4.87. The van der Waals surface area contributed by atoms with E-state index in [0.29, 0.717) is 27.7 Å². The zero-order valence-corrected chi connectivity index (χ0v) is 17.5. The molecule has 1 atom stereocenters. The fourth-order valence-electron chi connectivity index (χ4n) is 3.35. The van der Waals surface area contributed by atoms with Crippen molar-refractivity contribution >= 4 is 22.7 Å². The van der Waals surface area contributed by atoms with Crippen LogP contribution in [0.3, 0.4) is 0 Å². The second-order valence-corrected chi connectivity index (χ2v) is 8.26. The Morgan fingerprint density at radius 1 is 0.968 bits per heavy atom. The molecule has 3 heterocycles. The van der Waals surface area contributed by atoms with Crippen LogP contribution in [-0.4, -0.2) is 29.7 Å². The summed E-state index contributed by atoms with van der Waals surface area (Å²) in [6.45, 7) is 1.99. The first kappa shape index (κ1) is 19.2. The highest BCUT2D eigenvalue weighted by Gasteiger charge is 2.20. The van der Waals surface area contributed by atoms with E-state index in [0.717, 1.165) is 11.3 Å². The topological polar surface area (TPSA) is 89.3 Å². The van der Waals surface area contributed by atoms with Gasteiger partial charge >= 0.3 is 0 Å². The van der Waals surface area contributed by atoms with Gasteiger partial charge < -0.3 is 4.98 Å². The Balaban J connectivity index is 1.57. The van der Waals surface area contributed by atoms with Gasteiger partial charge in [0.2, 0.25) is 0 Å². The maximum atomic E-state index is 12.5. The molecule has 0 aliphatic rings. The highest BCUT2D eigenvalue weighted by molar-refractivity contribution is 7.99. The lowest BCUT2D eigenvalue weighted by molar-refractivity contribution is 0.862. The van der Waals surface area contributed by atoms with Crippen LogP contribution in [0.2, 0.25) is 0 Å². The molecule has 0 aliphatic carbocycles. The average Bonchev–Trinajstić information content (AvgIpc) is 3.23. The Labute approximate surface area is 182 Å². The van der Waals surface area contributed by atoms with E-state index in [1.54, 1.807) is 18.5 Å². The summed E-state index contributed by atoms with van der Waals surface area (Å²) in [5, 5.41) is 10.0. The third-order valence-corrected chi connectivity index (χ3v) is 5.92. The number of pyridine rings is 1. The Hall–Kier alpha value is -3.78. The van der Waals surface area contributed by atoms with Gasteiger partial charge in [-0.3, -0.25) is 14.3 Å². The fourth-order valence-corrected chi connectivity index (χ4v) is 4.27. The lowest BCUT2D eigenvalue weighted by atomic mass is 10.2. The van der Waals surface area contributed by atoms with Crippen LogP contribution in [0.15, 0.2) is 89.1 Å². The van der Waals surface area contributed by atoms with Crippen molar-refractivity contribution in [2.24, 2.45) is 0 Å². The van der Waals surface area contributed by atoms with Gasteiger partial charge in [-0.05, 0) is 43.3 Å². The highest BCUT2D eigenvalue weighted by atomic mass is 32.2. The Morgan fingerprint density at radius 2 is 1.77 bits per heavy atom. The highest BCUT2D eigenvalue weighted by Crippen LogP contribution is 2.35. The van der Waals surface area contributed by atoms with Crippen LogP contribution in [0, 0.1) is 0 Å². The van der Waals surface area contributed by atoms with Crippen molar-refractivity contribution in [3.8, 4) is 17.1 Å². The van der Waals surface area contributed by atoms with E-state index in [4.69, 9.17) is 0 Å². The summed E-state index contributed by atoms with van der Waals surface area (Å²) in [7, 11) is 0. The van der Waals surface area contributed by atoms with Crippen LogP contribution < -0.4 is 5.56 Å². The maximum Gasteiger partial charge on any atom is 0.258 e. The molecular formula is C23H18N6OS. The minimum Gasteiger partial charge on any atom is -0.309 e. The number of hydrogen-bond acceptors (Lipinski definition) is 6. The standard InChI is InChI=1S/C23H18N6OS/c1-15(20-25-19-12-6-5-11-18(19)22(30)26-20)31-23-28-27-21(16-8-7-13-24-14-16)29(23)17-9-3-2-4-10-17/h2-15H,1H3,(H,25,26,30)/t15-/m0/s1. The lowest BCUT2D eigenvalue weighted by Gasteiger charge is -2.13. The van der Waals surface area contributed by atoms with Gasteiger partial charge in [0.15, 0.2) is 11.0 Å². The van der Waals surface area contributed by atoms with Crippen LogP contribution in [-0.2, 0) is 0 Å². The summed E-state index contributed by atoms with van der Waals surface area (Å²) in [6, 6.07) is 21.1. The lowest BCUT2D eigenvalue weighted by Crippen LogP contribution is -2.13. The quantitative estimate of drug-likeness (QED) is 0.419. The Kier molecular flexibility index (Phi) is 5.05. The molecule has 152 valence electrons. The molecule has 0 amide bonds. The molecule has 1 N–H and O–H groups in total. The van der Waals surface area contributed by atoms with Crippen molar-refractivity contribution in [3.05, 3.63) is 95.3 Å². The summed E-state index contributed by atoms with van der Waals surface area (Å²) in [5.41, 5.74) is 2.35. The van der Waals surface area contributed by atoms with Crippen LogP contribution in [0.1, 0.15) is 18.0 Å². The van der Waals surface area contributed by atoms with Crippen LogP contribution in [0.4, 0.5) is 0 Å². The predicted octanol–water partition coefficient (Wildman–Crippen LogP) is 4.42. The molecule has 0 unspecified atom stereocenters. The minimum absolute atomic E-state index is 0.145. The number of nitrogens with one attached hydrogen (secondary N) is 1. The average molecular weight is 427 g/mol. The summed E-state index contributed by atoms with van der Waals surface area (Å²) in [6.07, 6.45) is 3.50. The number of H-pyrrole nitrogens is 1. The van der Waals surface area contributed by atoms with E-state index in [9.17, 15) is 4.79 Å². The molecule has 0 saturated carbocycles. The third kappa shape index (κ3) is 3.73. The predicted molar refractivity (Wildman–Crippen MR) is 121 cm³/mol. The molecule has 0 aliphatic heterocycles. The van der Waals surface area contributed by atoms with Crippen LogP contribution in [0.25, 0.3) is 28.0 Å². The second kappa shape index (κ2) is 8.16. The smallest absolute Gasteiger partial charge is 0.258 e. The van der Waals surface area contributed by atoms with Gasteiger partial charge in [-0.15, -0.1) is 10.2 Å². The molecule has 7 nitrogen and oxygen atoms in total. The number of aromatic amines is 1.